The van der Waals surface area contributed by atoms with Crippen LogP contribution in [0.25, 0.3) is 0 Å². The Balaban J connectivity index is 1.37. The second-order valence-corrected chi connectivity index (χ2v) is 7.41. The first kappa shape index (κ1) is 15.2. The molecular formula is C19H27N3O. The number of amides is 1. The van der Waals surface area contributed by atoms with Gasteiger partial charge in [-0.15, -0.1) is 0 Å². The summed E-state index contributed by atoms with van der Waals surface area (Å²) < 4.78 is 0. The Bertz CT molecular complexity index is 552. The number of benzene rings is 1. The third-order valence-electron chi connectivity index (χ3n) is 6.09. The molecule has 0 aliphatic carbocycles. The van der Waals surface area contributed by atoms with Gasteiger partial charge in [-0.3, -0.25) is 9.69 Å². The molecule has 0 bridgehead atoms. The zero-order valence-corrected chi connectivity index (χ0v) is 13.8. The highest BCUT2D eigenvalue weighted by Crippen LogP contribution is 2.38. The van der Waals surface area contributed by atoms with Crippen LogP contribution in [0.2, 0.25) is 0 Å². The topological polar surface area (TPSA) is 44.4 Å². The summed E-state index contributed by atoms with van der Waals surface area (Å²) in [5.74, 6) is 0.686. The number of hydrogen-bond acceptors (Lipinski definition) is 3. The SMILES string of the molecule is O=C(NCC12CCCN1CCC2)c1ccc([C@H]2CCNC2)cc1. The molecule has 1 aromatic carbocycles. The Morgan fingerprint density at radius 1 is 1.22 bits per heavy atom. The van der Waals surface area contributed by atoms with Crippen LogP contribution in [0.1, 0.15) is 53.9 Å². The highest BCUT2D eigenvalue weighted by atomic mass is 16.1. The second kappa shape index (κ2) is 6.25. The third kappa shape index (κ3) is 2.90. The van der Waals surface area contributed by atoms with Gasteiger partial charge in [0.15, 0.2) is 0 Å². The lowest BCUT2D eigenvalue weighted by molar-refractivity contribution is 0.0919. The summed E-state index contributed by atoms with van der Waals surface area (Å²) >= 11 is 0. The number of nitrogens with zero attached hydrogens (tertiary/aromatic N) is 1. The van der Waals surface area contributed by atoms with Gasteiger partial charge in [-0.05, 0) is 75.4 Å². The quantitative estimate of drug-likeness (QED) is 0.895. The molecule has 3 aliphatic heterocycles. The Morgan fingerprint density at radius 3 is 2.61 bits per heavy atom. The fourth-order valence-corrected chi connectivity index (χ4v) is 4.71. The van der Waals surface area contributed by atoms with E-state index in [0.29, 0.717) is 5.92 Å². The molecule has 0 unspecified atom stereocenters. The van der Waals surface area contributed by atoms with Gasteiger partial charge < -0.3 is 10.6 Å². The smallest absolute Gasteiger partial charge is 0.251 e. The summed E-state index contributed by atoms with van der Waals surface area (Å²) in [6.45, 7) is 5.38. The van der Waals surface area contributed by atoms with Crippen LogP contribution < -0.4 is 10.6 Å². The molecular weight excluding hydrogens is 286 g/mol. The van der Waals surface area contributed by atoms with Crippen LogP contribution in [-0.4, -0.2) is 49.1 Å². The molecule has 3 fully saturated rings. The predicted octanol–water partition coefficient (Wildman–Crippen LogP) is 2.12. The molecule has 124 valence electrons. The molecule has 23 heavy (non-hydrogen) atoms. The van der Waals surface area contributed by atoms with Crippen LogP contribution in [0.4, 0.5) is 0 Å². The summed E-state index contributed by atoms with van der Waals surface area (Å²) in [7, 11) is 0. The van der Waals surface area contributed by atoms with Gasteiger partial charge in [-0.25, -0.2) is 0 Å². The Morgan fingerprint density at radius 2 is 1.96 bits per heavy atom. The fourth-order valence-electron chi connectivity index (χ4n) is 4.71. The van der Waals surface area contributed by atoms with Gasteiger partial charge in [0.1, 0.15) is 0 Å². The lowest BCUT2D eigenvalue weighted by Gasteiger charge is -2.32. The summed E-state index contributed by atoms with van der Waals surface area (Å²) in [6, 6.07) is 8.23. The maximum absolute atomic E-state index is 12.5. The summed E-state index contributed by atoms with van der Waals surface area (Å²) in [5, 5.41) is 6.60. The fraction of sp³-hybridized carbons (Fsp3) is 0.632. The standard InChI is InChI=1S/C19H27N3O/c23-18(21-14-19-8-1-11-22(19)12-2-9-19)16-5-3-15(4-6-16)17-7-10-20-13-17/h3-6,17,20H,1-2,7-14H2,(H,21,23)/t17-/m0/s1. The van der Waals surface area contributed by atoms with E-state index in [0.717, 1.165) is 25.2 Å². The van der Waals surface area contributed by atoms with Crippen molar-refractivity contribution in [2.24, 2.45) is 0 Å². The first-order chi connectivity index (χ1) is 11.3. The normalized spacial score (nSPS) is 26.3. The first-order valence-electron chi connectivity index (χ1n) is 9.11. The van der Waals surface area contributed by atoms with E-state index >= 15 is 0 Å². The number of fused-ring (bicyclic) bond motifs is 1. The molecule has 1 aromatic rings. The van der Waals surface area contributed by atoms with E-state index in [9.17, 15) is 4.79 Å². The van der Waals surface area contributed by atoms with Crippen LogP contribution >= 0.6 is 0 Å². The average molecular weight is 313 g/mol. The number of carbonyl (C=O) groups excluding carboxylic acids is 1. The number of rotatable bonds is 4. The molecule has 2 N–H and O–H groups in total. The second-order valence-electron chi connectivity index (χ2n) is 7.41. The molecule has 3 saturated heterocycles. The molecule has 1 amide bonds. The van der Waals surface area contributed by atoms with Gasteiger partial charge in [0.2, 0.25) is 0 Å². The van der Waals surface area contributed by atoms with Crippen LogP contribution in [0, 0.1) is 0 Å². The van der Waals surface area contributed by atoms with Crippen molar-refractivity contribution in [3.05, 3.63) is 35.4 Å². The monoisotopic (exact) mass is 313 g/mol. The minimum atomic E-state index is 0.0780. The minimum Gasteiger partial charge on any atom is -0.350 e. The molecule has 0 spiro atoms. The van der Waals surface area contributed by atoms with E-state index in [1.54, 1.807) is 0 Å². The van der Waals surface area contributed by atoms with Crippen molar-refractivity contribution in [1.82, 2.24) is 15.5 Å². The Hall–Kier alpha value is -1.39. The lowest BCUT2D eigenvalue weighted by Crippen LogP contribution is -2.48. The molecule has 0 saturated carbocycles. The maximum atomic E-state index is 12.5. The van der Waals surface area contributed by atoms with Crippen molar-refractivity contribution in [3.63, 3.8) is 0 Å². The van der Waals surface area contributed by atoms with Gasteiger partial charge in [0.05, 0.1) is 0 Å². The van der Waals surface area contributed by atoms with E-state index in [1.807, 2.05) is 12.1 Å². The van der Waals surface area contributed by atoms with Gasteiger partial charge in [-0.1, -0.05) is 12.1 Å². The largest absolute Gasteiger partial charge is 0.350 e. The highest BCUT2D eigenvalue weighted by Gasteiger charge is 2.44. The molecule has 0 radical (unpaired) electrons. The van der Waals surface area contributed by atoms with E-state index in [2.05, 4.69) is 27.7 Å². The van der Waals surface area contributed by atoms with E-state index in [1.165, 1.54) is 50.8 Å². The summed E-state index contributed by atoms with van der Waals surface area (Å²) in [4.78, 5) is 15.1. The van der Waals surface area contributed by atoms with Gasteiger partial charge >= 0.3 is 0 Å². The number of hydrogen-bond donors (Lipinski definition) is 2. The molecule has 1 atom stereocenters. The van der Waals surface area contributed by atoms with Crippen molar-refractivity contribution in [2.45, 2.75) is 43.6 Å². The molecule has 3 aliphatic rings. The van der Waals surface area contributed by atoms with Crippen LogP contribution in [0.15, 0.2) is 24.3 Å². The minimum absolute atomic E-state index is 0.0780. The van der Waals surface area contributed by atoms with E-state index < -0.39 is 0 Å². The van der Waals surface area contributed by atoms with Crippen molar-refractivity contribution in [1.29, 1.82) is 0 Å². The van der Waals surface area contributed by atoms with Gasteiger partial charge in [0, 0.05) is 24.2 Å². The third-order valence-corrected chi connectivity index (χ3v) is 6.09. The number of carbonyl (C=O) groups is 1. The molecule has 3 heterocycles. The zero-order chi connectivity index (χ0) is 15.7. The van der Waals surface area contributed by atoms with Crippen LogP contribution in [0.3, 0.4) is 0 Å². The average Bonchev–Trinajstić information content (AvgIpc) is 3.29. The van der Waals surface area contributed by atoms with Crippen LogP contribution in [0.5, 0.6) is 0 Å². The van der Waals surface area contributed by atoms with E-state index in [-0.39, 0.29) is 11.4 Å². The number of nitrogens with one attached hydrogen (secondary N) is 2. The summed E-state index contributed by atoms with van der Waals surface area (Å²) in [5.41, 5.74) is 2.40. The van der Waals surface area contributed by atoms with Crippen molar-refractivity contribution in [3.8, 4) is 0 Å². The molecule has 4 rings (SSSR count). The van der Waals surface area contributed by atoms with E-state index in [4.69, 9.17) is 0 Å². The predicted molar refractivity (Wildman–Crippen MR) is 91.8 cm³/mol. The summed E-state index contributed by atoms with van der Waals surface area (Å²) in [6.07, 6.45) is 6.23. The Labute approximate surface area is 138 Å². The first-order valence-corrected chi connectivity index (χ1v) is 9.11. The van der Waals surface area contributed by atoms with Crippen LogP contribution in [-0.2, 0) is 0 Å². The highest BCUT2D eigenvalue weighted by molar-refractivity contribution is 5.94. The van der Waals surface area contributed by atoms with Gasteiger partial charge in [-0.2, -0.15) is 0 Å². The Kier molecular flexibility index (Phi) is 4.12. The van der Waals surface area contributed by atoms with Gasteiger partial charge in [0.25, 0.3) is 5.91 Å². The van der Waals surface area contributed by atoms with Crippen molar-refractivity contribution in [2.75, 3.05) is 32.7 Å². The van der Waals surface area contributed by atoms with Crippen molar-refractivity contribution >= 4 is 5.91 Å². The molecule has 0 aromatic heterocycles. The molecule has 4 heteroatoms. The molecule has 4 nitrogen and oxygen atoms in total. The maximum Gasteiger partial charge on any atom is 0.251 e. The lowest BCUT2D eigenvalue weighted by atomic mass is 9.94. The van der Waals surface area contributed by atoms with Crippen molar-refractivity contribution < 1.29 is 4.79 Å². The zero-order valence-electron chi connectivity index (χ0n) is 13.8.